The summed E-state index contributed by atoms with van der Waals surface area (Å²) in [7, 11) is 1.73. The quantitative estimate of drug-likeness (QED) is 0.492. The molecular formula is C22H30N2O8. The van der Waals surface area contributed by atoms with Crippen molar-refractivity contribution in [3.05, 3.63) is 30.5 Å². The van der Waals surface area contributed by atoms with Crippen molar-refractivity contribution in [3.63, 3.8) is 0 Å². The summed E-state index contributed by atoms with van der Waals surface area (Å²) in [6.07, 6.45) is 3.50. The van der Waals surface area contributed by atoms with Crippen molar-refractivity contribution in [2.24, 2.45) is 0 Å². The summed E-state index contributed by atoms with van der Waals surface area (Å²) in [5.74, 6) is -1.70. The maximum Gasteiger partial charge on any atom is 0.412 e. The molecule has 1 aromatic carbocycles. The number of carboxylic acids is 2. The molecule has 0 spiro atoms. The zero-order chi connectivity index (χ0) is 23.3. The smallest absolute Gasteiger partial charge is 0.412 e. The first-order valence-corrected chi connectivity index (χ1v) is 10.5. The molecule has 0 atom stereocenters. The fraction of sp³-hybridized carbons (Fsp3) is 0.500. The number of furan rings is 1. The minimum Gasteiger partial charge on any atom is -0.481 e. The van der Waals surface area contributed by atoms with Crippen LogP contribution in [-0.2, 0) is 14.3 Å². The van der Waals surface area contributed by atoms with Gasteiger partial charge in [0.1, 0.15) is 0 Å². The van der Waals surface area contributed by atoms with E-state index in [0.717, 1.165) is 50.9 Å². The lowest BCUT2D eigenvalue weighted by atomic mass is 10.1. The number of ether oxygens (including phenoxy) is 2. The molecule has 32 heavy (non-hydrogen) atoms. The van der Waals surface area contributed by atoms with Crippen LogP contribution in [0.15, 0.2) is 34.9 Å². The van der Waals surface area contributed by atoms with Crippen LogP contribution >= 0.6 is 0 Å². The summed E-state index contributed by atoms with van der Waals surface area (Å²) in [4.78, 5) is 33.8. The van der Waals surface area contributed by atoms with Crippen molar-refractivity contribution in [2.45, 2.75) is 38.1 Å². The van der Waals surface area contributed by atoms with Crippen molar-refractivity contribution < 1.29 is 38.5 Å². The molecule has 0 unspecified atom stereocenters. The fourth-order valence-corrected chi connectivity index (χ4v) is 3.29. The minimum atomic E-state index is -1.08. The average molecular weight is 450 g/mol. The number of nitrogens with one attached hydrogen (secondary N) is 1. The lowest BCUT2D eigenvalue weighted by Gasteiger charge is -2.31. The molecule has 176 valence electrons. The predicted molar refractivity (Wildman–Crippen MR) is 116 cm³/mol. The minimum absolute atomic E-state index is 0.159. The molecule has 3 N–H and O–H groups in total. The maximum absolute atomic E-state index is 12.1. The van der Waals surface area contributed by atoms with Crippen LogP contribution in [0.3, 0.4) is 0 Å². The third-order valence-electron chi connectivity index (χ3n) is 4.93. The Bertz CT molecular complexity index is 860. The van der Waals surface area contributed by atoms with Gasteiger partial charge >= 0.3 is 18.0 Å². The molecule has 0 aliphatic carbocycles. The third kappa shape index (κ3) is 8.94. The topological polar surface area (TPSA) is 139 Å². The first-order valence-electron chi connectivity index (χ1n) is 10.5. The standard InChI is InChI=1S/C18H24N2O4.C4H6O4/c1-22-12-3-9-20-10-6-15(7-11-20)19-18(21)24-16-5-2-4-14-8-13-23-17(14)16;5-3(6)1-2-4(7)8/h2,4-5,8,13,15H,3,6-7,9-12H2,1H3,(H,19,21);1-2H2,(H,5,6)(H,7,8). The Morgan fingerprint density at radius 3 is 2.44 bits per heavy atom. The predicted octanol–water partition coefficient (Wildman–Crippen LogP) is 2.96. The Balaban J connectivity index is 0.000000390. The summed E-state index contributed by atoms with van der Waals surface area (Å²) in [5.41, 5.74) is 0.598. The van der Waals surface area contributed by atoms with Gasteiger partial charge < -0.3 is 34.3 Å². The molecule has 0 saturated carbocycles. The van der Waals surface area contributed by atoms with E-state index in [-0.39, 0.29) is 18.9 Å². The number of aliphatic carboxylic acids is 2. The lowest BCUT2D eigenvalue weighted by molar-refractivity contribution is -0.143. The van der Waals surface area contributed by atoms with Gasteiger partial charge in [0.15, 0.2) is 11.3 Å². The summed E-state index contributed by atoms with van der Waals surface area (Å²) >= 11 is 0. The second-order valence-corrected chi connectivity index (χ2v) is 7.38. The van der Waals surface area contributed by atoms with Crippen LogP contribution in [0.4, 0.5) is 4.79 Å². The van der Waals surface area contributed by atoms with Gasteiger partial charge in [0.2, 0.25) is 0 Å². The number of likely N-dealkylation sites (tertiary alicyclic amines) is 1. The number of piperidine rings is 1. The van der Waals surface area contributed by atoms with E-state index in [4.69, 9.17) is 24.1 Å². The van der Waals surface area contributed by atoms with Crippen molar-refractivity contribution in [1.82, 2.24) is 10.2 Å². The zero-order valence-corrected chi connectivity index (χ0v) is 18.1. The second kappa shape index (κ2) is 13.3. The van der Waals surface area contributed by atoms with Crippen molar-refractivity contribution in [1.29, 1.82) is 0 Å². The Hall–Kier alpha value is -3.11. The second-order valence-electron chi connectivity index (χ2n) is 7.38. The maximum atomic E-state index is 12.1. The van der Waals surface area contributed by atoms with Gasteiger partial charge in [-0.25, -0.2) is 4.79 Å². The van der Waals surface area contributed by atoms with E-state index in [1.165, 1.54) is 0 Å². The van der Waals surface area contributed by atoms with Crippen molar-refractivity contribution >= 4 is 29.0 Å². The van der Waals surface area contributed by atoms with Gasteiger partial charge in [-0.05, 0) is 31.4 Å². The number of amides is 1. The first kappa shape index (κ1) is 25.2. The molecule has 1 fully saturated rings. The summed E-state index contributed by atoms with van der Waals surface area (Å²) in [6.45, 7) is 3.82. The summed E-state index contributed by atoms with van der Waals surface area (Å²) < 4.78 is 15.9. The molecule has 1 aromatic heterocycles. The van der Waals surface area contributed by atoms with E-state index in [2.05, 4.69) is 10.2 Å². The van der Waals surface area contributed by atoms with Gasteiger partial charge in [0.25, 0.3) is 0 Å². The number of carbonyl (C=O) groups excluding carboxylic acids is 1. The van der Waals surface area contributed by atoms with Gasteiger partial charge in [-0.15, -0.1) is 0 Å². The van der Waals surface area contributed by atoms with Crippen LogP contribution in [0.25, 0.3) is 11.0 Å². The van der Waals surface area contributed by atoms with Gasteiger partial charge in [-0.1, -0.05) is 12.1 Å². The lowest BCUT2D eigenvalue weighted by Crippen LogP contribution is -2.45. The number of hydrogen-bond donors (Lipinski definition) is 3. The molecule has 10 heteroatoms. The number of benzene rings is 1. The van der Waals surface area contributed by atoms with Crippen LogP contribution in [0, 0.1) is 0 Å². The Morgan fingerprint density at radius 1 is 1.12 bits per heavy atom. The highest BCUT2D eigenvalue weighted by Crippen LogP contribution is 2.26. The van der Waals surface area contributed by atoms with E-state index in [9.17, 15) is 14.4 Å². The van der Waals surface area contributed by atoms with E-state index >= 15 is 0 Å². The highest BCUT2D eigenvalue weighted by Gasteiger charge is 2.21. The normalized spacial score (nSPS) is 14.4. The van der Waals surface area contributed by atoms with Gasteiger partial charge in [0.05, 0.1) is 19.1 Å². The molecule has 3 rings (SSSR count). The monoisotopic (exact) mass is 450 g/mol. The Labute approximate surface area is 186 Å². The molecule has 1 saturated heterocycles. The van der Waals surface area contributed by atoms with Crippen LogP contribution in [-0.4, -0.2) is 72.5 Å². The number of carbonyl (C=O) groups is 3. The third-order valence-corrected chi connectivity index (χ3v) is 4.93. The van der Waals surface area contributed by atoms with Crippen LogP contribution in [0.5, 0.6) is 5.75 Å². The molecule has 1 aliphatic rings. The van der Waals surface area contributed by atoms with Crippen LogP contribution in [0.2, 0.25) is 0 Å². The SMILES string of the molecule is COCCCN1CCC(NC(=O)Oc2cccc3ccoc23)CC1.O=C(O)CCC(=O)O. The summed E-state index contributed by atoms with van der Waals surface area (Å²) in [5, 5.41) is 19.7. The molecule has 2 aromatic rings. The van der Waals surface area contributed by atoms with Gasteiger partial charge in [-0.2, -0.15) is 0 Å². The first-order chi connectivity index (χ1) is 15.4. The van der Waals surface area contributed by atoms with Gasteiger partial charge in [-0.3, -0.25) is 9.59 Å². The molecular weight excluding hydrogens is 420 g/mol. The molecule has 1 amide bonds. The number of carboxylic acid groups (broad SMARTS) is 2. The molecule has 0 bridgehead atoms. The zero-order valence-electron chi connectivity index (χ0n) is 18.1. The summed E-state index contributed by atoms with van der Waals surface area (Å²) in [6, 6.07) is 7.51. The number of methoxy groups -OCH3 is 1. The highest BCUT2D eigenvalue weighted by molar-refractivity contribution is 5.85. The van der Waals surface area contributed by atoms with E-state index in [1.807, 2.05) is 18.2 Å². The molecule has 0 radical (unpaired) electrons. The number of rotatable bonds is 9. The van der Waals surface area contributed by atoms with Crippen molar-refractivity contribution in [2.75, 3.05) is 33.4 Å². The van der Waals surface area contributed by atoms with Crippen molar-refractivity contribution in [3.8, 4) is 5.75 Å². The fourth-order valence-electron chi connectivity index (χ4n) is 3.29. The van der Waals surface area contributed by atoms with E-state index in [1.54, 1.807) is 19.4 Å². The highest BCUT2D eigenvalue weighted by atomic mass is 16.6. The van der Waals surface area contributed by atoms with Crippen LogP contribution in [0.1, 0.15) is 32.1 Å². The largest absolute Gasteiger partial charge is 0.481 e. The van der Waals surface area contributed by atoms with Gasteiger partial charge in [0, 0.05) is 44.8 Å². The number of hydrogen-bond acceptors (Lipinski definition) is 7. The number of nitrogens with zero attached hydrogens (tertiary/aromatic N) is 1. The average Bonchev–Trinajstić information content (AvgIpc) is 3.24. The number of fused-ring (bicyclic) bond motifs is 1. The van der Waals surface area contributed by atoms with Crippen LogP contribution < -0.4 is 10.1 Å². The Kier molecular flexibility index (Phi) is 10.5. The molecule has 1 aliphatic heterocycles. The Morgan fingerprint density at radius 2 is 1.81 bits per heavy atom. The molecule has 10 nitrogen and oxygen atoms in total. The van der Waals surface area contributed by atoms with E-state index < -0.39 is 18.0 Å². The number of para-hydroxylation sites is 1. The van der Waals surface area contributed by atoms with E-state index in [0.29, 0.717) is 11.3 Å². The molecule has 2 heterocycles.